The zero-order valence-electron chi connectivity index (χ0n) is 12.1. The van der Waals surface area contributed by atoms with Crippen LogP contribution in [0.25, 0.3) is 0 Å². The van der Waals surface area contributed by atoms with Crippen LogP contribution in [-0.4, -0.2) is 24.2 Å². The van der Waals surface area contributed by atoms with Crippen LogP contribution in [0.3, 0.4) is 0 Å². The molecule has 0 atom stereocenters. The first-order valence-electron chi connectivity index (χ1n) is 6.73. The van der Waals surface area contributed by atoms with Gasteiger partial charge in [0.2, 0.25) is 5.91 Å². The van der Waals surface area contributed by atoms with Crippen LogP contribution in [0.2, 0.25) is 0 Å². The second kappa shape index (κ2) is 8.59. The summed E-state index contributed by atoms with van der Waals surface area (Å²) in [5.74, 6) is 0.0562. The predicted molar refractivity (Wildman–Crippen MR) is 94.6 cm³/mol. The standard InChI is InChI=1S/C16H15BrN2O3S/c17-11-5-1-3-7-13(11)22-9-16(21)19-12-6-2-4-8-14(12)23-10-15(18)20/h1-8H,9-10H2,(H2,18,20)(H,19,21). The van der Waals surface area contributed by atoms with Gasteiger partial charge in [0, 0.05) is 4.90 Å². The number of anilines is 1. The summed E-state index contributed by atoms with van der Waals surface area (Å²) < 4.78 is 6.25. The molecular weight excluding hydrogens is 380 g/mol. The number of hydrogen-bond acceptors (Lipinski definition) is 4. The van der Waals surface area contributed by atoms with Crippen molar-refractivity contribution in [3.8, 4) is 5.75 Å². The Morgan fingerprint density at radius 2 is 1.83 bits per heavy atom. The quantitative estimate of drug-likeness (QED) is 0.707. The monoisotopic (exact) mass is 394 g/mol. The molecule has 0 bridgehead atoms. The van der Waals surface area contributed by atoms with Crippen molar-refractivity contribution in [2.24, 2.45) is 5.73 Å². The fraction of sp³-hybridized carbons (Fsp3) is 0.125. The van der Waals surface area contributed by atoms with Crippen molar-refractivity contribution in [3.63, 3.8) is 0 Å². The minimum Gasteiger partial charge on any atom is -0.483 e. The van der Waals surface area contributed by atoms with E-state index in [2.05, 4.69) is 21.2 Å². The lowest BCUT2D eigenvalue weighted by atomic mass is 10.3. The molecule has 2 aromatic rings. The minimum atomic E-state index is -0.409. The van der Waals surface area contributed by atoms with E-state index in [9.17, 15) is 9.59 Å². The molecule has 120 valence electrons. The first-order chi connectivity index (χ1) is 11.1. The average molecular weight is 395 g/mol. The summed E-state index contributed by atoms with van der Waals surface area (Å²) in [7, 11) is 0. The number of ether oxygens (including phenoxy) is 1. The van der Waals surface area contributed by atoms with Crippen molar-refractivity contribution in [1.82, 2.24) is 0 Å². The van der Waals surface area contributed by atoms with Crippen LogP contribution < -0.4 is 15.8 Å². The van der Waals surface area contributed by atoms with Gasteiger partial charge in [-0.1, -0.05) is 24.3 Å². The van der Waals surface area contributed by atoms with Gasteiger partial charge >= 0.3 is 0 Å². The van der Waals surface area contributed by atoms with Crippen molar-refractivity contribution >= 4 is 45.2 Å². The van der Waals surface area contributed by atoms with E-state index in [4.69, 9.17) is 10.5 Å². The van der Waals surface area contributed by atoms with Gasteiger partial charge in [-0.05, 0) is 40.2 Å². The normalized spacial score (nSPS) is 10.1. The van der Waals surface area contributed by atoms with Crippen molar-refractivity contribution in [2.45, 2.75) is 4.90 Å². The maximum absolute atomic E-state index is 12.0. The van der Waals surface area contributed by atoms with Crippen molar-refractivity contribution in [3.05, 3.63) is 53.0 Å². The topological polar surface area (TPSA) is 81.4 Å². The van der Waals surface area contributed by atoms with E-state index in [0.29, 0.717) is 11.4 Å². The van der Waals surface area contributed by atoms with E-state index in [1.165, 1.54) is 11.8 Å². The molecule has 2 aromatic carbocycles. The highest BCUT2D eigenvalue weighted by Gasteiger charge is 2.09. The summed E-state index contributed by atoms with van der Waals surface area (Å²) in [4.78, 5) is 23.7. The van der Waals surface area contributed by atoms with Gasteiger partial charge in [-0.15, -0.1) is 11.8 Å². The van der Waals surface area contributed by atoms with Crippen LogP contribution in [0.5, 0.6) is 5.75 Å². The van der Waals surface area contributed by atoms with E-state index in [1.54, 1.807) is 18.2 Å². The number of carbonyl (C=O) groups is 2. The molecule has 2 amide bonds. The third-order valence-electron chi connectivity index (χ3n) is 2.73. The van der Waals surface area contributed by atoms with Crippen molar-refractivity contribution in [2.75, 3.05) is 17.7 Å². The zero-order valence-corrected chi connectivity index (χ0v) is 14.5. The fourth-order valence-corrected chi connectivity index (χ4v) is 2.88. The molecule has 0 aromatic heterocycles. The van der Waals surface area contributed by atoms with E-state index in [-0.39, 0.29) is 18.3 Å². The molecule has 0 aliphatic heterocycles. The largest absolute Gasteiger partial charge is 0.483 e. The van der Waals surface area contributed by atoms with Gasteiger partial charge in [-0.2, -0.15) is 0 Å². The molecule has 0 spiro atoms. The van der Waals surface area contributed by atoms with Gasteiger partial charge < -0.3 is 15.8 Å². The Balaban J connectivity index is 1.95. The van der Waals surface area contributed by atoms with Gasteiger partial charge in [0.25, 0.3) is 5.91 Å². The molecular formula is C16H15BrN2O3S. The highest BCUT2D eigenvalue weighted by Crippen LogP contribution is 2.27. The molecule has 7 heteroatoms. The van der Waals surface area contributed by atoms with Gasteiger partial charge in [-0.25, -0.2) is 0 Å². The zero-order chi connectivity index (χ0) is 16.7. The molecule has 0 unspecified atom stereocenters. The van der Waals surface area contributed by atoms with Gasteiger partial charge in [0.05, 0.1) is 15.9 Å². The predicted octanol–water partition coefficient (Wildman–Crippen LogP) is 3.04. The fourth-order valence-electron chi connectivity index (χ4n) is 1.74. The smallest absolute Gasteiger partial charge is 0.262 e. The van der Waals surface area contributed by atoms with E-state index < -0.39 is 5.91 Å². The molecule has 0 fully saturated rings. The number of benzene rings is 2. The van der Waals surface area contributed by atoms with Crippen LogP contribution in [0, 0.1) is 0 Å². The van der Waals surface area contributed by atoms with Crippen molar-refractivity contribution in [1.29, 1.82) is 0 Å². The molecule has 5 nitrogen and oxygen atoms in total. The number of carbonyl (C=O) groups excluding carboxylic acids is 2. The number of halogens is 1. The lowest BCUT2D eigenvalue weighted by Gasteiger charge is -2.11. The molecule has 3 N–H and O–H groups in total. The maximum atomic E-state index is 12.0. The number of primary amides is 1. The second-order valence-electron chi connectivity index (χ2n) is 4.52. The van der Waals surface area contributed by atoms with Crippen LogP contribution in [-0.2, 0) is 9.59 Å². The van der Waals surface area contributed by atoms with Crippen LogP contribution >= 0.6 is 27.7 Å². The Morgan fingerprint density at radius 1 is 1.13 bits per heavy atom. The Kier molecular flexibility index (Phi) is 6.49. The summed E-state index contributed by atoms with van der Waals surface area (Å²) in [5, 5.41) is 2.77. The number of amides is 2. The minimum absolute atomic E-state index is 0.114. The molecule has 0 aliphatic carbocycles. The first kappa shape index (κ1) is 17.4. The molecule has 2 rings (SSSR count). The maximum Gasteiger partial charge on any atom is 0.262 e. The summed E-state index contributed by atoms with van der Waals surface area (Å²) in [5.41, 5.74) is 5.77. The first-order valence-corrected chi connectivity index (χ1v) is 8.51. The summed E-state index contributed by atoms with van der Waals surface area (Å²) in [6.07, 6.45) is 0. The van der Waals surface area contributed by atoms with Crippen molar-refractivity contribution < 1.29 is 14.3 Å². The lowest BCUT2D eigenvalue weighted by molar-refractivity contribution is -0.118. The second-order valence-corrected chi connectivity index (χ2v) is 6.39. The molecule has 0 saturated carbocycles. The Bertz CT molecular complexity index is 709. The summed E-state index contributed by atoms with van der Waals surface area (Å²) >= 11 is 4.63. The lowest BCUT2D eigenvalue weighted by Crippen LogP contribution is -2.20. The highest BCUT2D eigenvalue weighted by atomic mass is 79.9. The number of rotatable bonds is 7. The van der Waals surface area contributed by atoms with Gasteiger partial charge in [0.1, 0.15) is 5.75 Å². The Labute approximate surface area is 146 Å². The van der Waals surface area contributed by atoms with E-state index in [0.717, 1.165) is 9.37 Å². The third-order valence-corrected chi connectivity index (χ3v) is 4.48. The molecule has 0 saturated heterocycles. The van der Waals surface area contributed by atoms with Gasteiger partial charge in [-0.3, -0.25) is 9.59 Å². The SMILES string of the molecule is NC(=O)CSc1ccccc1NC(=O)COc1ccccc1Br. The molecule has 0 radical (unpaired) electrons. The third kappa shape index (κ3) is 5.61. The number of hydrogen-bond donors (Lipinski definition) is 2. The molecule has 0 heterocycles. The van der Waals surface area contributed by atoms with Crippen LogP contribution in [0.4, 0.5) is 5.69 Å². The molecule has 23 heavy (non-hydrogen) atoms. The van der Waals surface area contributed by atoms with Gasteiger partial charge in [0.15, 0.2) is 6.61 Å². The highest BCUT2D eigenvalue weighted by molar-refractivity contribution is 9.10. The number of nitrogens with one attached hydrogen (secondary N) is 1. The van der Waals surface area contributed by atoms with E-state index >= 15 is 0 Å². The molecule has 0 aliphatic rings. The van der Waals surface area contributed by atoms with Crippen LogP contribution in [0.15, 0.2) is 57.9 Å². The van der Waals surface area contributed by atoms with Crippen LogP contribution in [0.1, 0.15) is 0 Å². The Morgan fingerprint density at radius 3 is 2.57 bits per heavy atom. The number of para-hydroxylation sites is 2. The number of nitrogens with two attached hydrogens (primary N) is 1. The Hall–Kier alpha value is -1.99. The average Bonchev–Trinajstić information content (AvgIpc) is 2.53. The summed E-state index contributed by atoms with van der Waals surface area (Å²) in [6.45, 7) is -0.114. The van der Waals surface area contributed by atoms with E-state index in [1.807, 2.05) is 30.3 Å². The number of thioether (sulfide) groups is 1. The summed E-state index contributed by atoms with van der Waals surface area (Å²) in [6, 6.07) is 14.5.